The Bertz CT molecular complexity index is 537. The number of ether oxygens (including phenoxy) is 1. The van der Waals surface area contributed by atoms with Gasteiger partial charge < -0.3 is 15.0 Å². The zero-order chi connectivity index (χ0) is 12.4. The fourth-order valence-electron chi connectivity index (χ4n) is 1.74. The third kappa shape index (κ3) is 2.14. The van der Waals surface area contributed by atoms with Crippen molar-refractivity contribution in [2.24, 2.45) is 12.8 Å². The second-order valence-corrected chi connectivity index (χ2v) is 4.12. The summed E-state index contributed by atoms with van der Waals surface area (Å²) >= 11 is 6.00. The van der Waals surface area contributed by atoms with E-state index in [4.69, 9.17) is 22.1 Å². The van der Waals surface area contributed by atoms with Gasteiger partial charge in [-0.05, 0) is 18.2 Å². The van der Waals surface area contributed by atoms with E-state index in [-0.39, 0.29) is 0 Å². The van der Waals surface area contributed by atoms with Crippen molar-refractivity contribution in [2.45, 2.75) is 6.54 Å². The van der Waals surface area contributed by atoms with Crippen molar-refractivity contribution in [1.82, 2.24) is 9.55 Å². The molecule has 2 rings (SSSR count). The molecule has 0 fully saturated rings. The van der Waals surface area contributed by atoms with Crippen molar-refractivity contribution in [3.8, 4) is 17.1 Å². The molecule has 1 aromatic heterocycles. The van der Waals surface area contributed by atoms with E-state index < -0.39 is 0 Å². The van der Waals surface area contributed by atoms with E-state index in [0.29, 0.717) is 11.6 Å². The second-order valence-electron chi connectivity index (χ2n) is 3.68. The lowest BCUT2D eigenvalue weighted by atomic mass is 10.2. The number of methoxy groups -OCH3 is 1. The van der Waals surface area contributed by atoms with Gasteiger partial charge in [0.1, 0.15) is 11.6 Å². The summed E-state index contributed by atoms with van der Waals surface area (Å²) in [5.41, 5.74) is 7.45. The van der Waals surface area contributed by atoms with Crippen LogP contribution in [0.4, 0.5) is 0 Å². The van der Waals surface area contributed by atoms with Gasteiger partial charge in [0.2, 0.25) is 0 Å². The average molecular weight is 252 g/mol. The summed E-state index contributed by atoms with van der Waals surface area (Å²) in [5, 5.41) is 0.651. The minimum atomic E-state index is 0.451. The van der Waals surface area contributed by atoms with Crippen LogP contribution in [-0.4, -0.2) is 16.7 Å². The van der Waals surface area contributed by atoms with Crippen LogP contribution in [-0.2, 0) is 13.6 Å². The molecule has 0 aliphatic heterocycles. The molecule has 4 nitrogen and oxygen atoms in total. The predicted molar refractivity (Wildman–Crippen MR) is 68.1 cm³/mol. The van der Waals surface area contributed by atoms with Gasteiger partial charge in [-0.3, -0.25) is 0 Å². The van der Waals surface area contributed by atoms with Crippen LogP contribution in [0.15, 0.2) is 24.4 Å². The molecule has 90 valence electrons. The third-order valence-corrected chi connectivity index (χ3v) is 2.93. The molecule has 0 saturated heterocycles. The van der Waals surface area contributed by atoms with E-state index >= 15 is 0 Å². The average Bonchev–Trinajstić information content (AvgIpc) is 2.70. The quantitative estimate of drug-likeness (QED) is 0.910. The molecule has 0 bridgehead atoms. The van der Waals surface area contributed by atoms with Crippen LogP contribution in [0, 0.1) is 0 Å². The van der Waals surface area contributed by atoms with Crippen molar-refractivity contribution in [2.75, 3.05) is 7.11 Å². The van der Waals surface area contributed by atoms with Crippen molar-refractivity contribution in [3.05, 3.63) is 35.1 Å². The molecular weight excluding hydrogens is 238 g/mol. The van der Waals surface area contributed by atoms with Crippen molar-refractivity contribution >= 4 is 11.6 Å². The van der Waals surface area contributed by atoms with Crippen LogP contribution in [0.25, 0.3) is 11.4 Å². The van der Waals surface area contributed by atoms with Crippen molar-refractivity contribution in [1.29, 1.82) is 0 Å². The summed E-state index contributed by atoms with van der Waals surface area (Å²) < 4.78 is 7.25. The molecule has 0 amide bonds. The van der Waals surface area contributed by atoms with E-state index in [1.165, 1.54) is 0 Å². The largest absolute Gasteiger partial charge is 0.496 e. The SMILES string of the molecule is COc1ccc(Cl)cc1-c1ncc(CN)n1C. The van der Waals surface area contributed by atoms with Gasteiger partial charge >= 0.3 is 0 Å². The number of benzene rings is 1. The number of nitrogens with two attached hydrogens (primary N) is 1. The minimum absolute atomic E-state index is 0.451. The van der Waals surface area contributed by atoms with Gasteiger partial charge in [-0.2, -0.15) is 0 Å². The lowest BCUT2D eigenvalue weighted by Gasteiger charge is -2.09. The molecule has 0 atom stereocenters. The number of halogens is 1. The Morgan fingerprint density at radius 2 is 2.24 bits per heavy atom. The van der Waals surface area contributed by atoms with E-state index in [9.17, 15) is 0 Å². The number of imidazole rings is 1. The van der Waals surface area contributed by atoms with Crippen molar-refractivity contribution < 1.29 is 4.74 Å². The third-order valence-electron chi connectivity index (χ3n) is 2.70. The number of aromatic nitrogens is 2. The molecule has 2 N–H and O–H groups in total. The van der Waals surface area contributed by atoms with E-state index in [1.54, 1.807) is 19.4 Å². The standard InChI is InChI=1S/C12H14ClN3O/c1-16-9(6-14)7-15-12(16)10-5-8(13)3-4-11(10)17-2/h3-5,7H,6,14H2,1-2H3. The summed E-state index contributed by atoms with van der Waals surface area (Å²) in [5.74, 6) is 1.54. The molecule has 0 radical (unpaired) electrons. The minimum Gasteiger partial charge on any atom is -0.496 e. The Kier molecular flexibility index (Phi) is 3.36. The molecule has 5 heteroatoms. The van der Waals surface area contributed by atoms with Crippen LogP contribution in [0.3, 0.4) is 0 Å². The number of hydrogen-bond acceptors (Lipinski definition) is 3. The fraction of sp³-hybridized carbons (Fsp3) is 0.250. The molecule has 0 unspecified atom stereocenters. The predicted octanol–water partition coefficient (Wildman–Crippen LogP) is 2.21. The zero-order valence-corrected chi connectivity index (χ0v) is 10.5. The van der Waals surface area contributed by atoms with Gasteiger partial charge in [-0.15, -0.1) is 0 Å². The van der Waals surface area contributed by atoms with Gasteiger partial charge in [0.15, 0.2) is 0 Å². The molecule has 0 saturated carbocycles. The summed E-state index contributed by atoms with van der Waals surface area (Å²) in [6, 6.07) is 5.45. The van der Waals surface area contributed by atoms with E-state index in [2.05, 4.69) is 4.98 Å². The van der Waals surface area contributed by atoms with Gasteiger partial charge in [0, 0.05) is 18.6 Å². The number of hydrogen-bond donors (Lipinski definition) is 1. The highest BCUT2D eigenvalue weighted by molar-refractivity contribution is 6.30. The lowest BCUT2D eigenvalue weighted by molar-refractivity contribution is 0.416. The first kappa shape index (κ1) is 12.0. The molecule has 1 heterocycles. The molecular formula is C12H14ClN3O. The van der Waals surface area contributed by atoms with Crippen molar-refractivity contribution in [3.63, 3.8) is 0 Å². The number of rotatable bonds is 3. The van der Waals surface area contributed by atoms with Gasteiger partial charge in [0.25, 0.3) is 0 Å². The molecule has 0 aliphatic rings. The Morgan fingerprint density at radius 3 is 2.82 bits per heavy atom. The van der Waals surface area contributed by atoms with Crippen LogP contribution in [0.5, 0.6) is 5.75 Å². The first-order valence-electron chi connectivity index (χ1n) is 5.22. The van der Waals surface area contributed by atoms with Gasteiger partial charge in [0.05, 0.1) is 24.6 Å². The Hall–Kier alpha value is -1.52. The first-order valence-corrected chi connectivity index (χ1v) is 5.59. The Labute approximate surface area is 105 Å². The molecule has 0 spiro atoms. The number of nitrogens with zero attached hydrogens (tertiary/aromatic N) is 2. The molecule has 1 aromatic carbocycles. The monoisotopic (exact) mass is 251 g/mol. The van der Waals surface area contributed by atoms with Gasteiger partial charge in [-0.25, -0.2) is 4.98 Å². The topological polar surface area (TPSA) is 53.1 Å². The maximum Gasteiger partial charge on any atom is 0.143 e. The highest BCUT2D eigenvalue weighted by Crippen LogP contribution is 2.31. The fourth-order valence-corrected chi connectivity index (χ4v) is 1.91. The maximum absolute atomic E-state index is 6.00. The lowest BCUT2D eigenvalue weighted by Crippen LogP contribution is -2.04. The van der Waals surface area contributed by atoms with Crippen LogP contribution >= 0.6 is 11.6 Å². The highest BCUT2D eigenvalue weighted by Gasteiger charge is 2.13. The van der Waals surface area contributed by atoms with E-state index in [1.807, 2.05) is 23.7 Å². The molecule has 0 aliphatic carbocycles. The summed E-state index contributed by atoms with van der Waals surface area (Å²) in [6.45, 7) is 0.451. The van der Waals surface area contributed by atoms with E-state index in [0.717, 1.165) is 22.8 Å². The zero-order valence-electron chi connectivity index (χ0n) is 9.77. The highest BCUT2D eigenvalue weighted by atomic mass is 35.5. The Morgan fingerprint density at radius 1 is 1.47 bits per heavy atom. The molecule has 17 heavy (non-hydrogen) atoms. The summed E-state index contributed by atoms with van der Waals surface area (Å²) in [6.07, 6.45) is 1.76. The van der Waals surface area contributed by atoms with Crippen LogP contribution < -0.4 is 10.5 Å². The van der Waals surface area contributed by atoms with Crippen LogP contribution in [0.2, 0.25) is 5.02 Å². The Balaban J connectivity index is 2.58. The normalized spacial score (nSPS) is 10.6. The maximum atomic E-state index is 6.00. The smallest absolute Gasteiger partial charge is 0.143 e. The van der Waals surface area contributed by atoms with Gasteiger partial charge in [-0.1, -0.05) is 11.6 Å². The van der Waals surface area contributed by atoms with Crippen LogP contribution in [0.1, 0.15) is 5.69 Å². The second kappa shape index (κ2) is 4.77. The summed E-state index contributed by atoms with van der Waals surface area (Å²) in [4.78, 5) is 4.35. The first-order chi connectivity index (χ1) is 8.17. The molecule has 2 aromatic rings. The summed E-state index contributed by atoms with van der Waals surface area (Å²) in [7, 11) is 3.55.